The van der Waals surface area contributed by atoms with Crippen LogP contribution in [0.2, 0.25) is 0 Å². The topological polar surface area (TPSA) is 82.1 Å². The Labute approximate surface area is 216 Å². The maximum atomic E-state index is 12.3. The normalized spacial score (nSPS) is 13.9. The number of carboxylic acids is 1. The number of benzene rings is 1. The predicted molar refractivity (Wildman–Crippen MR) is 144 cm³/mol. The van der Waals surface area contributed by atoms with Crippen LogP contribution in [0.3, 0.4) is 0 Å². The van der Waals surface area contributed by atoms with Gasteiger partial charge in [0.2, 0.25) is 0 Å². The van der Waals surface area contributed by atoms with Crippen molar-refractivity contribution in [1.29, 1.82) is 0 Å². The van der Waals surface area contributed by atoms with E-state index in [1.54, 1.807) is 12.1 Å². The van der Waals surface area contributed by atoms with E-state index in [2.05, 4.69) is 69.4 Å². The average Bonchev–Trinajstić information content (AvgIpc) is 2.85. The first-order valence-electron chi connectivity index (χ1n) is 12.7. The van der Waals surface area contributed by atoms with E-state index in [1.807, 2.05) is 0 Å². The number of carbonyl (C=O) groups is 2. The lowest BCUT2D eigenvalue weighted by Gasteiger charge is -2.15. The quantitative estimate of drug-likeness (QED) is 0.0762. The van der Waals surface area contributed by atoms with Crippen LogP contribution in [0.15, 0.2) is 72.9 Å². The molecule has 6 nitrogen and oxygen atoms in total. The van der Waals surface area contributed by atoms with Crippen molar-refractivity contribution < 1.29 is 28.9 Å². The second-order valence-electron chi connectivity index (χ2n) is 8.66. The van der Waals surface area contributed by atoms with Crippen molar-refractivity contribution in [3.05, 3.63) is 78.4 Å². The molecule has 0 aromatic heterocycles. The van der Waals surface area contributed by atoms with E-state index in [4.69, 9.17) is 14.2 Å². The van der Waals surface area contributed by atoms with E-state index >= 15 is 0 Å². The van der Waals surface area contributed by atoms with Crippen molar-refractivity contribution in [3.63, 3.8) is 0 Å². The lowest BCUT2D eigenvalue weighted by molar-refractivity contribution is -0.180. The van der Waals surface area contributed by atoms with Crippen LogP contribution in [0.25, 0.3) is 0 Å². The SMILES string of the molecule is CCC=CCC=CCC=CC(C=CCCCCOC(OC)C(=O)Oc1ccccc1C(=O)O)C(C)C. The van der Waals surface area contributed by atoms with Crippen molar-refractivity contribution >= 4 is 11.9 Å². The van der Waals surface area contributed by atoms with Crippen molar-refractivity contribution in [3.8, 4) is 5.75 Å². The maximum absolute atomic E-state index is 12.3. The Balaban J connectivity index is 2.36. The van der Waals surface area contributed by atoms with Gasteiger partial charge in [0.15, 0.2) is 0 Å². The summed E-state index contributed by atoms with van der Waals surface area (Å²) < 4.78 is 15.8. The summed E-state index contributed by atoms with van der Waals surface area (Å²) in [5.41, 5.74) is -0.0988. The number of rotatable bonds is 18. The standard InChI is InChI=1S/C30H42O6/c1-5-6-7-8-9-10-11-14-19-25(24(2)3)20-15-12-13-18-23-35-30(34-4)29(33)36-27-22-17-16-21-26(27)28(31)32/h6-7,9-10,14-17,19-22,24-25,30H,5,8,11-13,18,23H2,1-4H3,(H,31,32). The molecular formula is C30H42O6. The summed E-state index contributed by atoms with van der Waals surface area (Å²) in [6.45, 7) is 6.91. The number of carbonyl (C=O) groups excluding carboxylic acids is 1. The fraction of sp³-hybridized carbons (Fsp3) is 0.467. The fourth-order valence-corrected chi connectivity index (χ4v) is 3.29. The molecule has 2 atom stereocenters. The summed E-state index contributed by atoms with van der Waals surface area (Å²) in [4.78, 5) is 23.6. The second-order valence-corrected chi connectivity index (χ2v) is 8.66. The number of methoxy groups -OCH3 is 1. The molecule has 0 saturated heterocycles. The summed E-state index contributed by atoms with van der Waals surface area (Å²) in [6.07, 6.45) is 22.1. The first-order valence-corrected chi connectivity index (χ1v) is 12.7. The van der Waals surface area contributed by atoms with Crippen molar-refractivity contribution in [2.24, 2.45) is 11.8 Å². The van der Waals surface area contributed by atoms with Crippen LogP contribution in [0.5, 0.6) is 5.75 Å². The monoisotopic (exact) mass is 498 g/mol. The van der Waals surface area contributed by atoms with Crippen molar-refractivity contribution in [2.75, 3.05) is 13.7 Å². The van der Waals surface area contributed by atoms with Crippen LogP contribution in [0.4, 0.5) is 0 Å². The second kappa shape index (κ2) is 19.3. The zero-order chi connectivity index (χ0) is 26.6. The lowest BCUT2D eigenvalue weighted by atomic mass is 9.94. The Morgan fingerprint density at radius 1 is 0.944 bits per heavy atom. The number of para-hydroxylation sites is 1. The van der Waals surface area contributed by atoms with Gasteiger partial charge >= 0.3 is 11.9 Å². The summed E-state index contributed by atoms with van der Waals surface area (Å²) in [7, 11) is 1.34. The summed E-state index contributed by atoms with van der Waals surface area (Å²) in [5.74, 6) is -1.08. The van der Waals surface area contributed by atoms with Gasteiger partial charge in [-0.3, -0.25) is 0 Å². The predicted octanol–water partition coefficient (Wildman–Crippen LogP) is 7.14. The first-order chi connectivity index (χ1) is 17.4. The molecule has 1 N–H and O–H groups in total. The van der Waals surface area contributed by atoms with Gasteiger partial charge in [0, 0.05) is 7.11 Å². The molecule has 0 spiro atoms. The molecule has 36 heavy (non-hydrogen) atoms. The third-order valence-corrected chi connectivity index (χ3v) is 5.37. The Kier molecular flexibility index (Phi) is 16.6. The van der Waals surface area contributed by atoms with Gasteiger partial charge in [-0.05, 0) is 62.5 Å². The van der Waals surface area contributed by atoms with Crippen LogP contribution >= 0.6 is 0 Å². The summed E-state index contributed by atoms with van der Waals surface area (Å²) >= 11 is 0. The minimum atomic E-state index is -1.21. The number of aromatic carboxylic acids is 1. The molecule has 1 aromatic rings. The van der Waals surface area contributed by atoms with Crippen LogP contribution in [0.1, 0.15) is 69.7 Å². The van der Waals surface area contributed by atoms with E-state index in [1.165, 1.54) is 19.2 Å². The number of hydrogen-bond donors (Lipinski definition) is 1. The molecule has 0 aliphatic heterocycles. The van der Waals surface area contributed by atoms with Gasteiger partial charge < -0.3 is 19.3 Å². The highest BCUT2D eigenvalue weighted by atomic mass is 16.7. The molecule has 0 heterocycles. The van der Waals surface area contributed by atoms with Crippen molar-refractivity contribution in [1.82, 2.24) is 0 Å². The molecule has 1 aromatic carbocycles. The third kappa shape index (κ3) is 13.2. The van der Waals surface area contributed by atoms with E-state index in [9.17, 15) is 14.7 Å². The molecule has 0 bridgehead atoms. The number of esters is 1. The van der Waals surface area contributed by atoms with E-state index in [-0.39, 0.29) is 11.3 Å². The zero-order valence-corrected chi connectivity index (χ0v) is 22.1. The number of unbranched alkanes of at least 4 members (excludes halogenated alkanes) is 2. The molecule has 1 rings (SSSR count). The zero-order valence-electron chi connectivity index (χ0n) is 22.1. The molecule has 0 saturated carbocycles. The fourth-order valence-electron chi connectivity index (χ4n) is 3.29. The maximum Gasteiger partial charge on any atom is 0.368 e. The van der Waals surface area contributed by atoms with Gasteiger partial charge in [-0.2, -0.15) is 0 Å². The molecular weight excluding hydrogens is 456 g/mol. The Bertz CT molecular complexity index is 881. The van der Waals surface area contributed by atoms with E-state index in [0.29, 0.717) is 18.4 Å². The first kappa shape index (κ1) is 31.1. The number of carboxylic acid groups (broad SMARTS) is 1. The summed E-state index contributed by atoms with van der Waals surface area (Å²) in [6, 6.07) is 5.94. The van der Waals surface area contributed by atoms with Crippen LogP contribution < -0.4 is 4.74 Å². The summed E-state index contributed by atoms with van der Waals surface area (Å²) in [5, 5.41) is 9.21. The molecule has 0 amide bonds. The minimum absolute atomic E-state index is 0.0420. The van der Waals surface area contributed by atoms with Gasteiger partial charge in [-0.15, -0.1) is 0 Å². The Morgan fingerprint density at radius 3 is 2.28 bits per heavy atom. The smallest absolute Gasteiger partial charge is 0.368 e. The molecule has 0 fully saturated rings. The third-order valence-electron chi connectivity index (χ3n) is 5.37. The highest BCUT2D eigenvalue weighted by Crippen LogP contribution is 2.19. The van der Waals surface area contributed by atoms with Gasteiger partial charge in [0.1, 0.15) is 11.3 Å². The van der Waals surface area contributed by atoms with Gasteiger partial charge in [-0.25, -0.2) is 9.59 Å². The molecule has 6 heteroatoms. The lowest BCUT2D eigenvalue weighted by Crippen LogP contribution is -2.31. The molecule has 0 radical (unpaired) electrons. The highest BCUT2D eigenvalue weighted by molar-refractivity contribution is 5.92. The van der Waals surface area contributed by atoms with Gasteiger partial charge in [-0.1, -0.05) is 81.5 Å². The minimum Gasteiger partial charge on any atom is -0.478 e. The molecule has 198 valence electrons. The van der Waals surface area contributed by atoms with Crippen LogP contribution in [-0.4, -0.2) is 37.1 Å². The Hall–Kier alpha value is -2.96. The van der Waals surface area contributed by atoms with Crippen LogP contribution in [-0.2, 0) is 14.3 Å². The molecule has 0 aliphatic rings. The highest BCUT2D eigenvalue weighted by Gasteiger charge is 2.23. The number of allylic oxidation sites excluding steroid dienone is 8. The van der Waals surface area contributed by atoms with Gasteiger partial charge in [0.05, 0.1) is 6.61 Å². The van der Waals surface area contributed by atoms with E-state index in [0.717, 1.165) is 38.5 Å². The largest absolute Gasteiger partial charge is 0.478 e. The van der Waals surface area contributed by atoms with Gasteiger partial charge in [0.25, 0.3) is 6.29 Å². The van der Waals surface area contributed by atoms with Crippen LogP contribution in [0, 0.1) is 11.8 Å². The molecule has 2 unspecified atom stereocenters. The number of ether oxygens (including phenoxy) is 3. The number of hydrogen-bond acceptors (Lipinski definition) is 5. The molecule has 0 aliphatic carbocycles. The Morgan fingerprint density at radius 2 is 1.61 bits per heavy atom. The van der Waals surface area contributed by atoms with E-state index < -0.39 is 18.2 Å². The average molecular weight is 499 g/mol. The van der Waals surface area contributed by atoms with Crippen molar-refractivity contribution in [2.45, 2.75) is 65.6 Å².